The van der Waals surface area contributed by atoms with Crippen molar-refractivity contribution in [1.82, 2.24) is 39.5 Å². The molecule has 8 aromatic carbocycles. The van der Waals surface area contributed by atoms with Gasteiger partial charge in [-0.1, -0.05) is 102 Å². The van der Waals surface area contributed by atoms with E-state index in [1.54, 1.807) is 78.2 Å². The molecule has 0 atom stereocenters. The van der Waals surface area contributed by atoms with Crippen molar-refractivity contribution in [3.8, 4) is 47.0 Å². The number of benzene rings is 8. The van der Waals surface area contributed by atoms with Crippen molar-refractivity contribution in [2.75, 3.05) is 56.5 Å². The Morgan fingerprint density at radius 3 is 1.30 bits per heavy atom. The molecule has 0 radical (unpaired) electrons. The van der Waals surface area contributed by atoms with Crippen LogP contribution in [0.1, 0.15) is 38.9 Å². The average Bonchev–Trinajstić information content (AvgIpc) is 1.63. The van der Waals surface area contributed by atoms with Crippen LogP contribution in [0, 0.1) is 39.8 Å². The highest BCUT2D eigenvalue weighted by Gasteiger charge is 2.26. The zero-order chi connectivity index (χ0) is 74.2. The molecule has 33 heteroatoms. The van der Waals surface area contributed by atoms with E-state index < -0.39 is 25.9 Å². The van der Waals surface area contributed by atoms with Crippen molar-refractivity contribution < 1.29 is 44.9 Å². The normalized spacial score (nSPS) is 10.8. The minimum atomic E-state index is -3.87. The van der Waals surface area contributed by atoms with Gasteiger partial charge in [-0.2, -0.15) is 36.2 Å². The van der Waals surface area contributed by atoms with E-state index in [0.717, 1.165) is 78.0 Å². The van der Waals surface area contributed by atoms with E-state index in [1.807, 2.05) is 114 Å². The van der Waals surface area contributed by atoms with Crippen molar-refractivity contribution >= 4 is 145 Å². The maximum atomic E-state index is 12.8. The number of halogens is 4. The van der Waals surface area contributed by atoms with Crippen LogP contribution in [0.15, 0.2) is 196 Å². The molecule has 0 spiro atoms. The van der Waals surface area contributed by atoms with Gasteiger partial charge in [0.1, 0.15) is 54.6 Å². The fourth-order valence-corrected chi connectivity index (χ4v) is 15.7. The monoisotopic (exact) mass is 1550 g/mol. The Hall–Kier alpha value is -11.6. The molecule has 105 heavy (non-hydrogen) atoms. The van der Waals surface area contributed by atoms with Crippen LogP contribution >= 0.6 is 58.3 Å². The second kappa shape index (κ2) is 35.0. The molecule has 6 aromatic heterocycles. The number of nitrogens with zero attached hydrogens (tertiary/aromatic N) is 10. The first-order valence-electron chi connectivity index (χ1n) is 30.8. The molecule has 0 bridgehead atoms. The summed E-state index contributed by atoms with van der Waals surface area (Å²) in [6, 6.07) is 60.9. The molecule has 0 aliphatic rings. The molecule has 0 saturated heterocycles. The number of thiophene rings is 2. The maximum absolute atomic E-state index is 12.8. The number of nitrogen functional groups attached to an aromatic ring is 2. The van der Waals surface area contributed by atoms with Gasteiger partial charge in [0, 0.05) is 6.54 Å². The molecular weight excluding hydrogens is 1490 g/mol. The highest BCUT2D eigenvalue weighted by Crippen LogP contribution is 2.38. The Morgan fingerprint density at radius 1 is 0.486 bits per heavy atom. The second-order valence-corrected chi connectivity index (χ2v) is 29.3. The van der Waals surface area contributed by atoms with Crippen LogP contribution < -0.4 is 50.3 Å². The predicted molar refractivity (Wildman–Crippen MR) is 409 cm³/mol. The quantitative estimate of drug-likeness (QED) is 0.0465. The van der Waals surface area contributed by atoms with Crippen LogP contribution in [-0.2, 0) is 46.2 Å². The summed E-state index contributed by atoms with van der Waals surface area (Å²) in [6.07, 6.45) is 0. The molecule has 0 aliphatic carbocycles. The smallest absolute Gasteiger partial charge is 0.272 e. The van der Waals surface area contributed by atoms with E-state index in [1.165, 1.54) is 51.7 Å². The molecule has 6 heterocycles. The lowest BCUT2D eigenvalue weighted by Crippen LogP contribution is -2.12. The number of ether oxygens (including phenoxy) is 5. The summed E-state index contributed by atoms with van der Waals surface area (Å²) in [5.74, 6) is 3.47. The largest absolute Gasteiger partial charge is 0.496 e. The van der Waals surface area contributed by atoms with Crippen LogP contribution in [-0.4, -0.2) is 91.9 Å². The van der Waals surface area contributed by atoms with Crippen molar-refractivity contribution in [2.24, 2.45) is 5.73 Å². The number of methoxy groups -OCH3 is 5. The third kappa shape index (κ3) is 18.2. The molecule has 14 aromatic rings. The van der Waals surface area contributed by atoms with Crippen molar-refractivity contribution in [1.29, 1.82) is 15.8 Å². The van der Waals surface area contributed by atoms with Gasteiger partial charge in [0.2, 0.25) is 0 Å². The average molecular weight is 1550 g/mol. The van der Waals surface area contributed by atoms with Crippen LogP contribution in [0.25, 0.3) is 43.6 Å². The van der Waals surface area contributed by atoms with Crippen LogP contribution in [0.3, 0.4) is 0 Å². The molecule has 538 valence electrons. The van der Waals surface area contributed by atoms with Crippen LogP contribution in [0.5, 0.6) is 28.7 Å². The van der Waals surface area contributed by atoms with Gasteiger partial charge in [-0.25, -0.2) is 21.2 Å². The van der Waals surface area contributed by atoms with E-state index in [0.29, 0.717) is 91.2 Å². The van der Waals surface area contributed by atoms with Crippen molar-refractivity contribution in [2.45, 2.75) is 34.6 Å². The summed E-state index contributed by atoms with van der Waals surface area (Å²) in [5, 5.41) is 49.5. The van der Waals surface area contributed by atoms with Gasteiger partial charge < -0.3 is 40.9 Å². The number of rotatable bonds is 18. The summed E-state index contributed by atoms with van der Waals surface area (Å²) >= 11 is 13.7. The third-order valence-electron chi connectivity index (χ3n) is 15.4. The van der Waals surface area contributed by atoms with Crippen molar-refractivity contribution in [3.05, 3.63) is 241 Å². The number of sulfonamides is 2. The number of H-pyrrole nitrogens is 1. The molecule has 0 aliphatic heterocycles. The van der Waals surface area contributed by atoms with E-state index >= 15 is 0 Å². The zero-order valence-corrected chi connectivity index (χ0v) is 61.9. The van der Waals surface area contributed by atoms with Crippen LogP contribution in [0.4, 0.5) is 27.7 Å². The Bertz CT molecular complexity index is 5810. The van der Waals surface area contributed by atoms with Gasteiger partial charge in [-0.15, -0.1) is 35.1 Å². The zero-order valence-electron chi connectivity index (χ0n) is 56.3. The minimum absolute atomic E-state index is 0. The van der Waals surface area contributed by atoms with Gasteiger partial charge in [-0.3, -0.25) is 28.6 Å². The second-order valence-electron chi connectivity index (χ2n) is 22.0. The number of anilines is 4. The maximum Gasteiger partial charge on any atom is 0.272 e. The van der Waals surface area contributed by atoms with Crippen LogP contribution in [0.2, 0.25) is 8.67 Å². The highest BCUT2D eigenvalue weighted by atomic mass is 35.5. The number of hydrogen-bond donors (Lipinski definition) is 6. The lowest BCUT2D eigenvalue weighted by Gasteiger charge is -2.06. The summed E-state index contributed by atoms with van der Waals surface area (Å²) < 4.78 is 102. The fraction of sp³-hybridized carbons (Fsp3) is 0.125. The Morgan fingerprint density at radius 2 is 0.876 bits per heavy atom. The number of hydrogen-bond acceptors (Lipinski definition) is 21. The predicted octanol–water partition coefficient (Wildman–Crippen LogP) is 14.4. The number of nitrogens with two attached hydrogens (primary N) is 3. The molecular formula is C72H64Cl3FN16O9S4. The first-order valence-corrected chi connectivity index (χ1v) is 36.2. The van der Waals surface area contributed by atoms with E-state index in [9.17, 15) is 21.2 Å². The molecule has 0 amide bonds. The number of aromatic amines is 1. The Labute approximate surface area is 626 Å². The lowest BCUT2D eigenvalue weighted by atomic mass is 10.1. The summed E-state index contributed by atoms with van der Waals surface area (Å²) in [6.45, 7) is 1.79. The van der Waals surface area contributed by atoms with E-state index in [2.05, 4.69) is 47.1 Å². The molecule has 0 saturated carbocycles. The first-order chi connectivity index (χ1) is 50.2. The summed E-state index contributed by atoms with van der Waals surface area (Å²) in [7, 11) is -0.0391. The summed E-state index contributed by atoms with van der Waals surface area (Å²) in [5.41, 5.74) is 25.6. The molecule has 9 N–H and O–H groups in total. The van der Waals surface area contributed by atoms with Gasteiger partial charge in [0.05, 0.1) is 131 Å². The lowest BCUT2D eigenvalue weighted by molar-refractivity contribution is 0.409. The van der Waals surface area contributed by atoms with Gasteiger partial charge in [0.25, 0.3) is 20.0 Å². The molecule has 0 unspecified atom stereocenters. The van der Waals surface area contributed by atoms with Gasteiger partial charge >= 0.3 is 0 Å². The summed E-state index contributed by atoms with van der Waals surface area (Å²) in [4.78, 5) is 0. The first kappa shape index (κ1) is 77.5. The molecule has 25 nitrogen and oxygen atoms in total. The number of aromatic nitrogens is 8. The van der Waals surface area contributed by atoms with E-state index in [-0.39, 0.29) is 43.8 Å². The van der Waals surface area contributed by atoms with Gasteiger partial charge in [0.15, 0.2) is 23.3 Å². The fourth-order valence-electron chi connectivity index (χ4n) is 10.7. The van der Waals surface area contributed by atoms with E-state index in [4.69, 9.17) is 79.9 Å². The SMILES string of the molecule is COc1cccc(F)c1C#N.COc1cccc2[nH]nc(N)c12.COc1cccc2c1c(N)nn2Cc1cccc(C#N)c1.COc1cccc2c1c(NS(=O)(=O)c1ccc(Cl)s1)nn2Cc1cccc(C#N)c1.COc1cccc2c1c(NS(=O)(=O)c1ccc(Cl)s1)nn2Cc1cccc(CN)c1.Cl. The molecule has 14 rings (SSSR count). The standard InChI is InChI=1S/C20H19ClN4O3S2.C20H15ClN4O3S2.C16H14N4O.C8H6FNO.C8H9N3O.ClH/c2*1-28-16-7-3-6-15-19(16)20(24-30(26,27)18-9-8-17(21)29-18)23-25(15)12-14-5-2-4-13(10-14)11-22;1-21-14-7-3-6-13-15(14)16(18)19-20(13)10-12-5-2-4-11(8-12)9-17;1-11-8-4-2-3-7(9)6(8)5-10;1-12-6-4-2-3-5-7(6)8(9)11-10-5;/h2-10H,11-12,22H2,1H3,(H,23,24);2-10H,12H2,1H3,(H,23,24);2-8H,10H2,1H3,(H2,18,19);2-4H,1H3;2-4H,1H3,(H3,9,10,11);1H. The van der Waals surface area contributed by atoms with Gasteiger partial charge in [-0.05, 0) is 131 Å². The highest BCUT2D eigenvalue weighted by molar-refractivity contribution is 7.95. The minimum Gasteiger partial charge on any atom is -0.496 e. The number of fused-ring (bicyclic) bond motifs is 4. The Balaban J connectivity index is 0.000000159. The molecule has 0 fully saturated rings. The number of nitrogens with one attached hydrogen (secondary N) is 3. The Kier molecular flexibility index (Phi) is 25.9. The third-order valence-corrected chi connectivity index (χ3v) is 21.6. The number of nitriles is 3. The van der Waals surface area contributed by atoms with Crippen molar-refractivity contribution in [3.63, 3.8) is 0 Å². The topological polar surface area (TPSA) is 370 Å².